The van der Waals surface area contributed by atoms with Gasteiger partial charge in [-0.3, -0.25) is 4.79 Å². The van der Waals surface area contributed by atoms with E-state index in [2.05, 4.69) is 32.2 Å². The molecule has 5 heteroatoms. The van der Waals surface area contributed by atoms with Crippen molar-refractivity contribution in [2.24, 2.45) is 5.73 Å². The SMILES string of the molecule is CC(=O)NC1CCN(c2cc(Br)ccc2CN)C1. The molecule has 4 nitrogen and oxygen atoms in total. The highest BCUT2D eigenvalue weighted by Gasteiger charge is 2.24. The Labute approximate surface area is 116 Å². The highest BCUT2D eigenvalue weighted by Crippen LogP contribution is 2.28. The van der Waals surface area contributed by atoms with Gasteiger partial charge < -0.3 is 16.0 Å². The number of nitrogens with one attached hydrogen (secondary N) is 1. The van der Waals surface area contributed by atoms with Crippen molar-refractivity contribution in [3.63, 3.8) is 0 Å². The number of nitrogens with zero attached hydrogens (tertiary/aromatic N) is 1. The Kier molecular flexibility index (Phi) is 4.24. The van der Waals surface area contributed by atoms with Crippen LogP contribution < -0.4 is 16.0 Å². The topological polar surface area (TPSA) is 58.4 Å². The summed E-state index contributed by atoms with van der Waals surface area (Å²) in [6.07, 6.45) is 0.982. The standard InChI is InChI=1S/C13H18BrN3O/c1-9(18)16-12-4-5-17(8-12)13-6-11(14)3-2-10(13)7-15/h2-3,6,12H,4-5,7-8,15H2,1H3,(H,16,18). The van der Waals surface area contributed by atoms with Gasteiger partial charge in [0.15, 0.2) is 0 Å². The van der Waals surface area contributed by atoms with Crippen LogP contribution in [0.25, 0.3) is 0 Å². The molecule has 0 radical (unpaired) electrons. The van der Waals surface area contributed by atoms with Gasteiger partial charge in [-0.2, -0.15) is 0 Å². The van der Waals surface area contributed by atoms with Crippen molar-refractivity contribution in [2.45, 2.75) is 25.9 Å². The second-order valence-electron chi connectivity index (χ2n) is 4.61. The Bertz CT molecular complexity index is 450. The molecule has 1 amide bonds. The van der Waals surface area contributed by atoms with E-state index in [4.69, 9.17) is 5.73 Å². The van der Waals surface area contributed by atoms with Gasteiger partial charge in [-0.15, -0.1) is 0 Å². The fourth-order valence-corrected chi connectivity index (χ4v) is 2.74. The van der Waals surface area contributed by atoms with E-state index >= 15 is 0 Å². The highest BCUT2D eigenvalue weighted by molar-refractivity contribution is 9.10. The Hall–Kier alpha value is -1.07. The Morgan fingerprint density at radius 1 is 1.61 bits per heavy atom. The molecule has 1 saturated heterocycles. The molecular weight excluding hydrogens is 294 g/mol. The van der Waals surface area contributed by atoms with Gasteiger partial charge in [0.05, 0.1) is 0 Å². The summed E-state index contributed by atoms with van der Waals surface area (Å²) in [6.45, 7) is 3.90. The van der Waals surface area contributed by atoms with Crippen molar-refractivity contribution >= 4 is 27.5 Å². The largest absolute Gasteiger partial charge is 0.369 e. The molecule has 98 valence electrons. The first-order valence-electron chi connectivity index (χ1n) is 6.10. The quantitative estimate of drug-likeness (QED) is 0.892. The number of amides is 1. The summed E-state index contributed by atoms with van der Waals surface area (Å²) >= 11 is 3.49. The minimum atomic E-state index is 0.0372. The van der Waals surface area contributed by atoms with Crippen molar-refractivity contribution in [3.05, 3.63) is 28.2 Å². The summed E-state index contributed by atoms with van der Waals surface area (Å²) in [6, 6.07) is 6.39. The number of rotatable bonds is 3. The Morgan fingerprint density at radius 2 is 2.39 bits per heavy atom. The van der Waals surface area contributed by atoms with Crippen molar-refractivity contribution in [1.29, 1.82) is 0 Å². The van der Waals surface area contributed by atoms with E-state index in [0.29, 0.717) is 6.54 Å². The molecule has 1 atom stereocenters. The van der Waals surface area contributed by atoms with E-state index in [9.17, 15) is 4.79 Å². The Balaban J connectivity index is 2.13. The van der Waals surface area contributed by atoms with Gasteiger partial charge in [0.1, 0.15) is 0 Å². The number of halogens is 1. The molecule has 1 heterocycles. The maximum Gasteiger partial charge on any atom is 0.217 e. The molecule has 1 fully saturated rings. The average molecular weight is 312 g/mol. The number of carbonyl (C=O) groups excluding carboxylic acids is 1. The number of hydrogen-bond donors (Lipinski definition) is 2. The third kappa shape index (κ3) is 3.03. The molecule has 0 saturated carbocycles. The van der Waals surface area contributed by atoms with E-state index in [-0.39, 0.29) is 11.9 Å². The second-order valence-corrected chi connectivity index (χ2v) is 5.52. The lowest BCUT2D eigenvalue weighted by molar-refractivity contribution is -0.119. The first-order valence-corrected chi connectivity index (χ1v) is 6.90. The normalized spacial score (nSPS) is 19.1. The first-order chi connectivity index (χ1) is 8.60. The van der Waals surface area contributed by atoms with E-state index in [1.165, 1.54) is 5.69 Å². The maximum absolute atomic E-state index is 11.1. The molecule has 0 aliphatic carbocycles. The van der Waals surface area contributed by atoms with Crippen LogP contribution in [-0.4, -0.2) is 25.0 Å². The third-order valence-electron chi connectivity index (χ3n) is 3.20. The lowest BCUT2D eigenvalue weighted by Crippen LogP contribution is -2.35. The molecule has 1 aliphatic rings. The predicted molar refractivity (Wildman–Crippen MR) is 76.5 cm³/mol. The van der Waals surface area contributed by atoms with Crippen LogP contribution >= 0.6 is 15.9 Å². The van der Waals surface area contributed by atoms with Crippen molar-refractivity contribution in [2.75, 3.05) is 18.0 Å². The van der Waals surface area contributed by atoms with Crippen LogP contribution in [0.2, 0.25) is 0 Å². The van der Waals surface area contributed by atoms with Crippen LogP contribution in [0.15, 0.2) is 22.7 Å². The summed E-state index contributed by atoms with van der Waals surface area (Å²) in [5, 5.41) is 2.97. The number of anilines is 1. The second kappa shape index (κ2) is 5.71. The fourth-order valence-electron chi connectivity index (χ4n) is 2.39. The summed E-state index contributed by atoms with van der Waals surface area (Å²) in [5.41, 5.74) is 8.08. The zero-order valence-corrected chi connectivity index (χ0v) is 12.0. The highest BCUT2D eigenvalue weighted by atomic mass is 79.9. The first kappa shape index (κ1) is 13.4. The summed E-state index contributed by atoms with van der Waals surface area (Å²) < 4.78 is 1.05. The lowest BCUT2D eigenvalue weighted by Gasteiger charge is -2.22. The zero-order chi connectivity index (χ0) is 13.1. The van der Waals surface area contributed by atoms with Crippen LogP contribution in [0, 0.1) is 0 Å². The number of carbonyl (C=O) groups is 1. The number of nitrogens with two attached hydrogens (primary N) is 1. The van der Waals surface area contributed by atoms with Crippen LogP contribution in [0.5, 0.6) is 0 Å². The minimum Gasteiger partial charge on any atom is -0.369 e. The van der Waals surface area contributed by atoms with Gasteiger partial charge in [0, 0.05) is 42.8 Å². The fraction of sp³-hybridized carbons (Fsp3) is 0.462. The van der Waals surface area contributed by atoms with Gasteiger partial charge in [-0.25, -0.2) is 0 Å². The molecule has 1 aromatic rings. The molecule has 3 N–H and O–H groups in total. The summed E-state index contributed by atoms with van der Waals surface area (Å²) in [4.78, 5) is 13.3. The third-order valence-corrected chi connectivity index (χ3v) is 3.70. The van der Waals surface area contributed by atoms with Gasteiger partial charge in [-0.05, 0) is 24.1 Å². The summed E-state index contributed by atoms with van der Waals surface area (Å²) in [7, 11) is 0. The van der Waals surface area contributed by atoms with E-state index < -0.39 is 0 Å². The molecule has 18 heavy (non-hydrogen) atoms. The molecule has 1 unspecified atom stereocenters. The van der Waals surface area contributed by atoms with Gasteiger partial charge >= 0.3 is 0 Å². The molecule has 1 aromatic carbocycles. The predicted octanol–water partition coefficient (Wildman–Crippen LogP) is 1.62. The molecule has 2 rings (SSSR count). The molecule has 0 aromatic heterocycles. The molecule has 1 aliphatic heterocycles. The average Bonchev–Trinajstić information content (AvgIpc) is 2.76. The van der Waals surface area contributed by atoms with Crippen LogP contribution in [0.4, 0.5) is 5.69 Å². The minimum absolute atomic E-state index is 0.0372. The van der Waals surface area contributed by atoms with Crippen LogP contribution in [0.3, 0.4) is 0 Å². The zero-order valence-electron chi connectivity index (χ0n) is 10.4. The maximum atomic E-state index is 11.1. The van der Waals surface area contributed by atoms with E-state index in [0.717, 1.165) is 29.5 Å². The smallest absolute Gasteiger partial charge is 0.217 e. The summed E-state index contributed by atoms with van der Waals surface area (Å²) in [5.74, 6) is 0.0372. The van der Waals surface area contributed by atoms with Crippen LogP contribution in [0.1, 0.15) is 18.9 Å². The molecule has 0 spiro atoms. The van der Waals surface area contributed by atoms with Crippen molar-refractivity contribution < 1.29 is 4.79 Å². The number of benzene rings is 1. The van der Waals surface area contributed by atoms with E-state index in [1.807, 2.05) is 12.1 Å². The van der Waals surface area contributed by atoms with Crippen molar-refractivity contribution in [3.8, 4) is 0 Å². The van der Waals surface area contributed by atoms with Gasteiger partial charge in [-0.1, -0.05) is 22.0 Å². The molecular formula is C13H18BrN3O. The lowest BCUT2D eigenvalue weighted by atomic mass is 10.1. The van der Waals surface area contributed by atoms with Crippen molar-refractivity contribution in [1.82, 2.24) is 5.32 Å². The van der Waals surface area contributed by atoms with Gasteiger partial charge in [0.2, 0.25) is 5.91 Å². The monoisotopic (exact) mass is 311 g/mol. The van der Waals surface area contributed by atoms with Gasteiger partial charge in [0.25, 0.3) is 0 Å². The molecule has 0 bridgehead atoms. The Morgan fingerprint density at radius 3 is 3.06 bits per heavy atom. The van der Waals surface area contributed by atoms with Crippen LogP contribution in [-0.2, 0) is 11.3 Å². The number of hydrogen-bond acceptors (Lipinski definition) is 3. The van der Waals surface area contributed by atoms with E-state index in [1.54, 1.807) is 6.92 Å².